The van der Waals surface area contributed by atoms with Crippen molar-refractivity contribution in [2.24, 2.45) is 5.92 Å². The molecule has 2 unspecified atom stereocenters. The first-order chi connectivity index (χ1) is 9.22. The van der Waals surface area contributed by atoms with E-state index in [0.717, 1.165) is 50.8 Å². The van der Waals surface area contributed by atoms with Gasteiger partial charge in [0, 0.05) is 45.0 Å². The van der Waals surface area contributed by atoms with E-state index >= 15 is 0 Å². The molecule has 0 bridgehead atoms. The zero-order valence-corrected chi connectivity index (χ0v) is 12.2. The third-order valence-corrected chi connectivity index (χ3v) is 3.75. The first kappa shape index (κ1) is 14.3. The molecule has 2 atom stereocenters. The number of aryl methyl sites for hydroxylation is 1. The summed E-state index contributed by atoms with van der Waals surface area (Å²) in [6, 6.07) is 0.425. The summed E-state index contributed by atoms with van der Waals surface area (Å²) in [5.74, 6) is 1.56. The number of hydrogen-bond donors (Lipinski definition) is 1. The number of methoxy groups -OCH3 is 1. The molecule has 1 aromatic rings. The SMILES string of the molecule is COCCCNc1nc(C)cn1C(C)C1CCOC1. The van der Waals surface area contributed by atoms with Crippen LogP contribution in [0, 0.1) is 12.8 Å². The third-order valence-electron chi connectivity index (χ3n) is 3.75. The summed E-state index contributed by atoms with van der Waals surface area (Å²) >= 11 is 0. The van der Waals surface area contributed by atoms with Gasteiger partial charge >= 0.3 is 0 Å². The second-order valence-corrected chi connectivity index (χ2v) is 5.25. The predicted molar refractivity (Wildman–Crippen MR) is 75.6 cm³/mol. The summed E-state index contributed by atoms with van der Waals surface area (Å²) in [5.41, 5.74) is 1.06. The largest absolute Gasteiger partial charge is 0.385 e. The van der Waals surface area contributed by atoms with Crippen LogP contribution in [0.15, 0.2) is 6.20 Å². The fraction of sp³-hybridized carbons (Fsp3) is 0.786. The van der Waals surface area contributed by atoms with Gasteiger partial charge in [0.1, 0.15) is 0 Å². The topological polar surface area (TPSA) is 48.3 Å². The smallest absolute Gasteiger partial charge is 0.203 e. The number of ether oxygens (including phenoxy) is 2. The van der Waals surface area contributed by atoms with Gasteiger partial charge in [0.25, 0.3) is 0 Å². The molecule has 0 aromatic carbocycles. The quantitative estimate of drug-likeness (QED) is 0.770. The lowest BCUT2D eigenvalue weighted by Gasteiger charge is -2.21. The van der Waals surface area contributed by atoms with Gasteiger partial charge < -0.3 is 19.4 Å². The molecule has 0 radical (unpaired) electrons. The maximum atomic E-state index is 5.49. The van der Waals surface area contributed by atoms with Crippen molar-refractivity contribution in [1.29, 1.82) is 0 Å². The van der Waals surface area contributed by atoms with E-state index in [4.69, 9.17) is 9.47 Å². The number of anilines is 1. The number of rotatable bonds is 7. The van der Waals surface area contributed by atoms with Gasteiger partial charge in [0.05, 0.1) is 12.3 Å². The highest BCUT2D eigenvalue weighted by molar-refractivity contribution is 5.29. The number of aromatic nitrogens is 2. The Morgan fingerprint density at radius 2 is 2.47 bits per heavy atom. The Bertz CT molecular complexity index is 386. The van der Waals surface area contributed by atoms with Gasteiger partial charge in [-0.15, -0.1) is 0 Å². The molecule has 1 saturated heterocycles. The number of nitrogens with one attached hydrogen (secondary N) is 1. The Morgan fingerprint density at radius 1 is 1.63 bits per heavy atom. The van der Waals surface area contributed by atoms with Gasteiger partial charge in [-0.2, -0.15) is 0 Å². The molecule has 108 valence electrons. The third kappa shape index (κ3) is 3.70. The Balaban J connectivity index is 1.98. The van der Waals surface area contributed by atoms with Gasteiger partial charge in [-0.3, -0.25) is 0 Å². The normalized spacial score (nSPS) is 20.7. The molecule has 1 aliphatic heterocycles. The van der Waals surface area contributed by atoms with Gasteiger partial charge in [-0.25, -0.2) is 4.98 Å². The van der Waals surface area contributed by atoms with Crippen molar-refractivity contribution >= 4 is 5.95 Å². The summed E-state index contributed by atoms with van der Waals surface area (Å²) in [6.45, 7) is 7.70. The molecule has 1 aliphatic rings. The first-order valence-corrected chi connectivity index (χ1v) is 7.08. The van der Waals surface area contributed by atoms with Crippen LogP contribution in [0.2, 0.25) is 0 Å². The van der Waals surface area contributed by atoms with E-state index in [1.165, 1.54) is 0 Å². The molecular weight excluding hydrogens is 242 g/mol. The monoisotopic (exact) mass is 267 g/mol. The standard InChI is InChI=1S/C14H25N3O2/c1-11-9-17(12(2)13-5-8-19-10-13)14(16-11)15-6-4-7-18-3/h9,12-13H,4-8,10H2,1-3H3,(H,15,16). The van der Waals surface area contributed by atoms with Crippen LogP contribution in [-0.4, -0.2) is 43.0 Å². The van der Waals surface area contributed by atoms with Gasteiger partial charge in [-0.1, -0.05) is 0 Å². The Labute approximate surface area is 115 Å². The van der Waals surface area contributed by atoms with Crippen LogP contribution in [-0.2, 0) is 9.47 Å². The van der Waals surface area contributed by atoms with Crippen molar-refractivity contribution in [3.8, 4) is 0 Å². The summed E-state index contributed by atoms with van der Waals surface area (Å²) < 4.78 is 12.8. The highest BCUT2D eigenvalue weighted by Crippen LogP contribution is 2.28. The van der Waals surface area contributed by atoms with Crippen LogP contribution in [0.3, 0.4) is 0 Å². The first-order valence-electron chi connectivity index (χ1n) is 7.08. The summed E-state index contributed by atoms with van der Waals surface area (Å²) in [6.07, 6.45) is 4.26. The Morgan fingerprint density at radius 3 is 3.16 bits per heavy atom. The van der Waals surface area contributed by atoms with Crippen molar-refractivity contribution in [2.45, 2.75) is 32.7 Å². The predicted octanol–water partition coefficient (Wildman–Crippen LogP) is 2.24. The molecule has 1 fully saturated rings. The minimum Gasteiger partial charge on any atom is -0.385 e. The highest BCUT2D eigenvalue weighted by atomic mass is 16.5. The van der Waals surface area contributed by atoms with Crippen LogP contribution in [0.1, 0.15) is 31.5 Å². The molecule has 19 heavy (non-hydrogen) atoms. The lowest BCUT2D eigenvalue weighted by Crippen LogP contribution is -2.19. The van der Waals surface area contributed by atoms with Crippen LogP contribution >= 0.6 is 0 Å². The number of hydrogen-bond acceptors (Lipinski definition) is 4. The summed E-state index contributed by atoms with van der Waals surface area (Å²) in [4.78, 5) is 4.57. The van der Waals surface area contributed by atoms with E-state index in [1.54, 1.807) is 7.11 Å². The molecule has 0 aliphatic carbocycles. The van der Waals surface area contributed by atoms with Crippen LogP contribution in [0.4, 0.5) is 5.95 Å². The molecule has 1 aromatic heterocycles. The molecule has 0 spiro atoms. The van der Waals surface area contributed by atoms with Crippen molar-refractivity contribution < 1.29 is 9.47 Å². The highest BCUT2D eigenvalue weighted by Gasteiger charge is 2.25. The minimum absolute atomic E-state index is 0.425. The molecule has 2 heterocycles. The molecule has 5 heteroatoms. The average molecular weight is 267 g/mol. The zero-order chi connectivity index (χ0) is 13.7. The van der Waals surface area contributed by atoms with Crippen LogP contribution in [0.5, 0.6) is 0 Å². The zero-order valence-electron chi connectivity index (χ0n) is 12.2. The van der Waals surface area contributed by atoms with Crippen molar-refractivity contribution in [2.75, 3.05) is 38.8 Å². The average Bonchev–Trinajstić information content (AvgIpc) is 3.03. The summed E-state index contributed by atoms with van der Waals surface area (Å²) in [7, 11) is 1.73. The Kier molecular flexibility index (Phi) is 5.22. The van der Waals surface area contributed by atoms with Crippen molar-refractivity contribution in [3.05, 3.63) is 11.9 Å². The maximum absolute atomic E-state index is 5.49. The molecular formula is C14H25N3O2. The van der Waals surface area contributed by atoms with Gasteiger partial charge in [0.15, 0.2) is 0 Å². The minimum atomic E-state index is 0.425. The van der Waals surface area contributed by atoms with Crippen LogP contribution < -0.4 is 5.32 Å². The second kappa shape index (κ2) is 6.91. The van der Waals surface area contributed by atoms with E-state index in [0.29, 0.717) is 12.0 Å². The van der Waals surface area contributed by atoms with E-state index in [9.17, 15) is 0 Å². The van der Waals surface area contributed by atoms with Gasteiger partial charge in [0.2, 0.25) is 5.95 Å². The fourth-order valence-electron chi connectivity index (χ4n) is 2.53. The summed E-state index contributed by atoms with van der Waals surface area (Å²) in [5, 5.41) is 3.40. The molecule has 5 nitrogen and oxygen atoms in total. The van der Waals surface area contributed by atoms with E-state index < -0.39 is 0 Å². The lowest BCUT2D eigenvalue weighted by molar-refractivity contribution is 0.175. The number of nitrogens with zero attached hydrogens (tertiary/aromatic N) is 2. The fourth-order valence-corrected chi connectivity index (χ4v) is 2.53. The maximum Gasteiger partial charge on any atom is 0.203 e. The number of imidazole rings is 1. The van der Waals surface area contributed by atoms with Gasteiger partial charge in [-0.05, 0) is 26.7 Å². The van der Waals surface area contributed by atoms with Crippen molar-refractivity contribution in [1.82, 2.24) is 9.55 Å². The molecule has 2 rings (SSSR count). The molecule has 1 N–H and O–H groups in total. The van der Waals surface area contributed by atoms with Crippen molar-refractivity contribution in [3.63, 3.8) is 0 Å². The molecule has 0 amide bonds. The van der Waals surface area contributed by atoms with E-state index in [2.05, 4.69) is 28.0 Å². The van der Waals surface area contributed by atoms with E-state index in [-0.39, 0.29) is 0 Å². The second-order valence-electron chi connectivity index (χ2n) is 5.25. The molecule has 0 saturated carbocycles. The van der Waals surface area contributed by atoms with Crippen LogP contribution in [0.25, 0.3) is 0 Å². The van der Waals surface area contributed by atoms with E-state index in [1.807, 2.05) is 6.92 Å². The Hall–Kier alpha value is -1.07. The lowest BCUT2D eigenvalue weighted by atomic mass is 10.0.